The van der Waals surface area contributed by atoms with Crippen molar-refractivity contribution in [1.29, 1.82) is 0 Å². The maximum Gasteiger partial charge on any atom is 0.242 e. The average Bonchev–Trinajstić information content (AvgIpc) is 2.65. The molecule has 0 spiro atoms. The van der Waals surface area contributed by atoms with Gasteiger partial charge in [-0.05, 0) is 37.0 Å². The van der Waals surface area contributed by atoms with Gasteiger partial charge in [-0.25, -0.2) is 0 Å². The summed E-state index contributed by atoms with van der Waals surface area (Å²) in [7, 11) is -0.307. The Bertz CT molecular complexity index is 717. The zero-order valence-corrected chi connectivity index (χ0v) is 19.0. The van der Waals surface area contributed by atoms with Crippen LogP contribution in [0.15, 0.2) is 24.3 Å². The van der Waals surface area contributed by atoms with E-state index in [0.29, 0.717) is 18.6 Å². The summed E-state index contributed by atoms with van der Waals surface area (Å²) in [6, 6.07) is 5.81. The minimum atomic E-state index is -3.40. The second-order valence-electron chi connectivity index (χ2n) is 7.70. The number of carbonyl (C=O) groups is 2. The molecular formula is C20H34N3O5P. The Balaban J connectivity index is 2.96. The van der Waals surface area contributed by atoms with Crippen LogP contribution in [0.4, 0.5) is 0 Å². The molecule has 0 radical (unpaired) electrons. The van der Waals surface area contributed by atoms with Gasteiger partial charge in [-0.3, -0.25) is 19.5 Å². The van der Waals surface area contributed by atoms with E-state index in [1.807, 2.05) is 26.0 Å². The van der Waals surface area contributed by atoms with E-state index in [0.717, 1.165) is 5.56 Å². The number of ether oxygens (including phenoxy) is 1. The molecule has 0 aromatic heterocycles. The fraction of sp³-hybridized carbons (Fsp3) is 0.600. The molecule has 0 aliphatic rings. The number of hydrogen-bond donors (Lipinski definition) is 4. The Labute approximate surface area is 173 Å². The Morgan fingerprint density at radius 1 is 1.10 bits per heavy atom. The number of carbonyl (C=O) groups excluding carboxylic acids is 2. The Morgan fingerprint density at radius 2 is 1.69 bits per heavy atom. The van der Waals surface area contributed by atoms with E-state index < -0.39 is 25.2 Å². The highest BCUT2D eigenvalue weighted by molar-refractivity contribution is 7.57. The van der Waals surface area contributed by atoms with Gasteiger partial charge in [0.1, 0.15) is 11.8 Å². The molecule has 4 N–H and O–H groups in total. The molecule has 0 fully saturated rings. The summed E-state index contributed by atoms with van der Waals surface area (Å²) in [6.07, 6.45) is 0.783. The summed E-state index contributed by atoms with van der Waals surface area (Å²) in [6.45, 7) is 6.76. The minimum Gasteiger partial charge on any atom is -0.497 e. The molecular weight excluding hydrogens is 393 g/mol. The molecule has 1 rings (SSSR count). The van der Waals surface area contributed by atoms with Crippen LogP contribution in [0.5, 0.6) is 5.75 Å². The van der Waals surface area contributed by atoms with E-state index >= 15 is 0 Å². The molecule has 0 aliphatic heterocycles. The van der Waals surface area contributed by atoms with Crippen molar-refractivity contribution in [3.63, 3.8) is 0 Å². The van der Waals surface area contributed by atoms with Crippen molar-refractivity contribution in [3.05, 3.63) is 29.8 Å². The zero-order valence-electron chi connectivity index (χ0n) is 18.1. The maximum absolute atomic E-state index is 12.9. The Kier molecular flexibility index (Phi) is 9.83. The van der Waals surface area contributed by atoms with Gasteiger partial charge in [-0.2, -0.15) is 0 Å². The predicted octanol–water partition coefficient (Wildman–Crippen LogP) is 1.72. The summed E-state index contributed by atoms with van der Waals surface area (Å²) < 4.78 is 17.1. The topological polar surface area (TPSA) is 117 Å². The monoisotopic (exact) mass is 427 g/mol. The summed E-state index contributed by atoms with van der Waals surface area (Å²) in [5.74, 6) is -0.537. The highest BCUT2D eigenvalue weighted by Crippen LogP contribution is 2.40. The van der Waals surface area contributed by atoms with Crippen LogP contribution in [0, 0.1) is 5.92 Å². The largest absolute Gasteiger partial charge is 0.497 e. The van der Waals surface area contributed by atoms with Gasteiger partial charge in [-0.15, -0.1) is 0 Å². The second kappa shape index (κ2) is 11.3. The molecule has 1 aromatic rings. The highest BCUT2D eigenvalue weighted by Gasteiger charge is 2.30. The maximum atomic E-state index is 12.9. The first-order valence-electron chi connectivity index (χ1n) is 9.68. The molecule has 2 amide bonds. The van der Waals surface area contributed by atoms with E-state index in [2.05, 4.69) is 16.0 Å². The molecule has 9 heteroatoms. The molecule has 8 nitrogen and oxygen atoms in total. The third-order valence-electron chi connectivity index (χ3n) is 4.66. The number of rotatable bonds is 11. The van der Waals surface area contributed by atoms with Crippen LogP contribution in [0.1, 0.15) is 32.8 Å². The van der Waals surface area contributed by atoms with Crippen LogP contribution in [0.3, 0.4) is 0 Å². The summed E-state index contributed by atoms with van der Waals surface area (Å²) in [5.41, 5.74) is 0.870. The van der Waals surface area contributed by atoms with Crippen molar-refractivity contribution >= 4 is 19.2 Å². The molecule has 3 unspecified atom stereocenters. The molecule has 1 aromatic carbocycles. The molecule has 29 heavy (non-hydrogen) atoms. The van der Waals surface area contributed by atoms with Gasteiger partial charge in [0.2, 0.25) is 19.2 Å². The minimum absolute atomic E-state index is 0.181. The number of hydrogen-bond acceptors (Lipinski definition) is 5. The smallest absolute Gasteiger partial charge is 0.242 e. The molecule has 0 bridgehead atoms. The van der Waals surface area contributed by atoms with Gasteiger partial charge in [0, 0.05) is 20.1 Å². The highest BCUT2D eigenvalue weighted by atomic mass is 31.2. The van der Waals surface area contributed by atoms with E-state index in [-0.39, 0.29) is 17.7 Å². The first-order valence-corrected chi connectivity index (χ1v) is 11.9. The number of methoxy groups -OCH3 is 1. The lowest BCUT2D eigenvalue weighted by Gasteiger charge is -2.27. The van der Waals surface area contributed by atoms with Crippen LogP contribution in [0.2, 0.25) is 0 Å². The number of likely N-dealkylation sites (N-methyl/N-ethyl adjacent to an activating group) is 1. The Morgan fingerprint density at radius 3 is 2.14 bits per heavy atom. The summed E-state index contributed by atoms with van der Waals surface area (Å²) in [5, 5.41) is 8.32. The van der Waals surface area contributed by atoms with E-state index in [1.54, 1.807) is 26.2 Å². The van der Waals surface area contributed by atoms with Crippen LogP contribution in [-0.4, -0.2) is 55.4 Å². The van der Waals surface area contributed by atoms with Crippen LogP contribution in [0.25, 0.3) is 0 Å². The number of benzene rings is 1. The van der Waals surface area contributed by atoms with E-state index in [4.69, 9.17) is 4.74 Å². The summed E-state index contributed by atoms with van der Waals surface area (Å²) in [4.78, 5) is 35.0. The van der Waals surface area contributed by atoms with Gasteiger partial charge in [-0.1, -0.05) is 26.0 Å². The lowest BCUT2D eigenvalue weighted by atomic mass is 10.0. The molecule has 0 saturated heterocycles. The quantitative estimate of drug-likeness (QED) is 0.400. The van der Waals surface area contributed by atoms with Gasteiger partial charge in [0.15, 0.2) is 0 Å². The molecule has 0 aliphatic carbocycles. The van der Waals surface area contributed by atoms with Crippen molar-refractivity contribution in [1.82, 2.24) is 16.0 Å². The van der Waals surface area contributed by atoms with Crippen molar-refractivity contribution in [2.45, 2.75) is 51.5 Å². The normalized spacial score (nSPS) is 16.4. The van der Waals surface area contributed by atoms with Gasteiger partial charge in [0.05, 0.1) is 18.9 Å². The molecule has 164 valence electrons. The summed E-state index contributed by atoms with van der Waals surface area (Å²) >= 11 is 0. The number of nitrogens with one attached hydrogen (secondary N) is 3. The van der Waals surface area contributed by atoms with Gasteiger partial charge in [0.25, 0.3) is 0 Å². The number of amides is 2. The van der Waals surface area contributed by atoms with Gasteiger partial charge >= 0.3 is 0 Å². The van der Waals surface area contributed by atoms with Crippen molar-refractivity contribution in [3.8, 4) is 5.75 Å². The van der Waals surface area contributed by atoms with Gasteiger partial charge < -0.3 is 20.3 Å². The lowest BCUT2D eigenvalue weighted by Crippen LogP contribution is -2.54. The van der Waals surface area contributed by atoms with E-state index in [1.165, 1.54) is 13.7 Å². The lowest BCUT2D eigenvalue weighted by molar-refractivity contribution is -0.130. The molecule has 0 heterocycles. The van der Waals surface area contributed by atoms with Crippen LogP contribution >= 0.6 is 7.37 Å². The SMILES string of the molecule is CNC(=O)[C@H](Cc1ccc(OC)cc1)NC(=O)C(CC(C)C)NC(C)P(C)(=O)O. The van der Waals surface area contributed by atoms with Crippen molar-refractivity contribution in [2.75, 3.05) is 20.8 Å². The van der Waals surface area contributed by atoms with E-state index in [9.17, 15) is 19.0 Å². The standard InChI is InChI=1S/C20H34N3O5P/c1-13(2)11-17(22-14(3)29(6,26)27)20(25)23-18(19(24)21-4)12-15-7-9-16(28-5)10-8-15/h7-10,13-14,17-18,22H,11-12H2,1-6H3,(H,21,24)(H,23,25)(H,26,27)/t14?,17?,18-/m0/s1. The average molecular weight is 427 g/mol. The molecule has 0 saturated carbocycles. The van der Waals surface area contributed by atoms with Crippen molar-refractivity contribution < 1.29 is 23.8 Å². The zero-order chi connectivity index (χ0) is 22.2. The Hall–Kier alpha value is -1.89. The second-order valence-corrected chi connectivity index (χ2v) is 10.4. The predicted molar refractivity (Wildman–Crippen MR) is 114 cm³/mol. The third kappa shape index (κ3) is 8.56. The first-order chi connectivity index (χ1) is 13.5. The van der Waals surface area contributed by atoms with Crippen LogP contribution in [-0.2, 0) is 20.6 Å². The third-order valence-corrected chi connectivity index (χ3v) is 6.25. The fourth-order valence-electron chi connectivity index (χ4n) is 2.80. The first kappa shape index (κ1) is 25.1. The van der Waals surface area contributed by atoms with Crippen LogP contribution < -0.4 is 20.7 Å². The van der Waals surface area contributed by atoms with Crippen molar-refractivity contribution in [2.24, 2.45) is 5.92 Å². The fourth-order valence-corrected chi connectivity index (χ4v) is 3.26. The molecule has 4 atom stereocenters.